The SMILES string of the molecule is Cc1nc2c(N(C)CC3CC3)c(NC=O)cnc2s1. The van der Waals surface area contributed by atoms with Gasteiger partial charge >= 0.3 is 0 Å². The summed E-state index contributed by atoms with van der Waals surface area (Å²) in [5.41, 5.74) is 2.60. The fourth-order valence-corrected chi connectivity index (χ4v) is 3.07. The van der Waals surface area contributed by atoms with E-state index in [1.807, 2.05) is 6.92 Å². The minimum absolute atomic E-state index is 0.691. The average Bonchev–Trinajstić information content (AvgIpc) is 3.08. The van der Waals surface area contributed by atoms with E-state index in [9.17, 15) is 4.79 Å². The van der Waals surface area contributed by atoms with Gasteiger partial charge in [0.2, 0.25) is 6.41 Å². The van der Waals surface area contributed by atoms with Gasteiger partial charge < -0.3 is 10.2 Å². The molecule has 2 aromatic rings. The van der Waals surface area contributed by atoms with E-state index in [4.69, 9.17) is 0 Å². The van der Waals surface area contributed by atoms with Crippen molar-refractivity contribution in [3.05, 3.63) is 11.2 Å². The highest BCUT2D eigenvalue weighted by molar-refractivity contribution is 7.18. The fourth-order valence-electron chi connectivity index (χ4n) is 2.30. The number of fused-ring (bicyclic) bond motifs is 1. The number of amides is 1. The molecule has 0 saturated heterocycles. The van der Waals surface area contributed by atoms with Crippen molar-refractivity contribution >= 4 is 39.5 Å². The Morgan fingerprint density at radius 2 is 2.37 bits per heavy atom. The van der Waals surface area contributed by atoms with Crippen LogP contribution in [0.4, 0.5) is 11.4 Å². The number of carbonyl (C=O) groups excluding carboxylic acids is 1. The van der Waals surface area contributed by atoms with Gasteiger partial charge in [0, 0.05) is 13.6 Å². The summed E-state index contributed by atoms with van der Waals surface area (Å²) in [6.45, 7) is 2.98. The summed E-state index contributed by atoms with van der Waals surface area (Å²) in [5, 5.41) is 3.72. The summed E-state index contributed by atoms with van der Waals surface area (Å²) >= 11 is 1.58. The lowest BCUT2D eigenvalue weighted by Gasteiger charge is -2.21. The lowest BCUT2D eigenvalue weighted by Crippen LogP contribution is -2.21. The molecule has 1 aliphatic carbocycles. The lowest BCUT2D eigenvalue weighted by atomic mass is 10.2. The van der Waals surface area contributed by atoms with E-state index in [1.54, 1.807) is 17.5 Å². The molecule has 0 unspecified atom stereocenters. The van der Waals surface area contributed by atoms with Gasteiger partial charge in [-0.05, 0) is 25.7 Å². The molecule has 19 heavy (non-hydrogen) atoms. The first-order chi connectivity index (χ1) is 9.19. The molecule has 1 amide bonds. The molecule has 100 valence electrons. The molecule has 0 aromatic carbocycles. The second-order valence-electron chi connectivity index (χ2n) is 4.99. The maximum atomic E-state index is 10.7. The molecule has 2 aromatic heterocycles. The van der Waals surface area contributed by atoms with Crippen LogP contribution in [0.15, 0.2) is 6.20 Å². The third-order valence-electron chi connectivity index (χ3n) is 3.33. The zero-order valence-corrected chi connectivity index (χ0v) is 11.8. The molecule has 0 aliphatic heterocycles. The molecule has 5 nitrogen and oxygen atoms in total. The number of anilines is 2. The fraction of sp³-hybridized carbons (Fsp3) is 0.462. The zero-order chi connectivity index (χ0) is 13.4. The van der Waals surface area contributed by atoms with Crippen LogP contribution in [0, 0.1) is 12.8 Å². The summed E-state index contributed by atoms with van der Waals surface area (Å²) in [6, 6.07) is 0. The quantitative estimate of drug-likeness (QED) is 0.852. The van der Waals surface area contributed by atoms with Crippen LogP contribution >= 0.6 is 11.3 Å². The molecule has 0 radical (unpaired) electrons. The summed E-state index contributed by atoms with van der Waals surface area (Å²) in [7, 11) is 2.05. The number of hydrogen-bond acceptors (Lipinski definition) is 5. The van der Waals surface area contributed by atoms with Gasteiger partial charge in [-0.15, -0.1) is 0 Å². The van der Waals surface area contributed by atoms with Gasteiger partial charge in [0.1, 0.15) is 10.3 Å². The predicted octanol–water partition coefficient (Wildman–Crippen LogP) is 2.41. The molecule has 1 aliphatic rings. The number of thiazole rings is 1. The number of carbonyl (C=O) groups is 1. The van der Waals surface area contributed by atoms with Crippen LogP contribution < -0.4 is 10.2 Å². The van der Waals surface area contributed by atoms with Gasteiger partial charge in [0.05, 0.1) is 22.6 Å². The van der Waals surface area contributed by atoms with Crippen molar-refractivity contribution in [3.63, 3.8) is 0 Å². The van der Waals surface area contributed by atoms with E-state index < -0.39 is 0 Å². The number of nitrogens with zero attached hydrogens (tertiary/aromatic N) is 3. The third kappa shape index (κ3) is 2.40. The summed E-state index contributed by atoms with van der Waals surface area (Å²) in [6.07, 6.45) is 5.00. The van der Waals surface area contributed by atoms with E-state index in [0.717, 1.165) is 39.2 Å². The van der Waals surface area contributed by atoms with Gasteiger partial charge in [-0.1, -0.05) is 11.3 Å². The standard InChI is InChI=1S/C13H16N4OS/c1-8-16-11-12(17(2)6-9-3-4-9)10(15-7-18)5-14-13(11)19-8/h5,7,9H,3-4,6H2,1-2H3,(H,15,18). The Morgan fingerprint density at radius 1 is 1.58 bits per heavy atom. The minimum Gasteiger partial charge on any atom is -0.371 e. The van der Waals surface area contributed by atoms with Gasteiger partial charge in [0.25, 0.3) is 0 Å². The maximum absolute atomic E-state index is 10.7. The van der Waals surface area contributed by atoms with Crippen LogP contribution in [0.25, 0.3) is 10.3 Å². The summed E-state index contributed by atoms with van der Waals surface area (Å²) in [4.78, 5) is 22.8. The summed E-state index contributed by atoms with van der Waals surface area (Å²) in [5.74, 6) is 0.775. The number of nitrogens with one attached hydrogen (secondary N) is 1. The van der Waals surface area contributed by atoms with E-state index in [2.05, 4.69) is 27.2 Å². The highest BCUT2D eigenvalue weighted by Gasteiger charge is 2.25. The Hall–Kier alpha value is -1.69. The second-order valence-corrected chi connectivity index (χ2v) is 6.17. The average molecular weight is 276 g/mol. The van der Waals surface area contributed by atoms with E-state index in [1.165, 1.54) is 12.8 Å². The number of aryl methyl sites for hydroxylation is 1. The van der Waals surface area contributed by atoms with Crippen molar-refractivity contribution in [2.45, 2.75) is 19.8 Å². The first kappa shape index (κ1) is 12.3. The highest BCUT2D eigenvalue weighted by atomic mass is 32.1. The van der Waals surface area contributed by atoms with Crippen LogP contribution in [0.3, 0.4) is 0 Å². The lowest BCUT2D eigenvalue weighted by molar-refractivity contribution is -0.105. The molecule has 1 saturated carbocycles. The van der Waals surface area contributed by atoms with Crippen molar-refractivity contribution < 1.29 is 4.79 Å². The Balaban J connectivity index is 2.08. The molecule has 0 atom stereocenters. The molecular weight excluding hydrogens is 260 g/mol. The Bertz CT molecular complexity index is 620. The van der Waals surface area contributed by atoms with Crippen LogP contribution in [0.5, 0.6) is 0 Å². The molecule has 0 bridgehead atoms. The first-order valence-corrected chi connectivity index (χ1v) is 7.18. The smallest absolute Gasteiger partial charge is 0.211 e. The Morgan fingerprint density at radius 3 is 3.05 bits per heavy atom. The molecule has 3 rings (SSSR count). The van der Waals surface area contributed by atoms with Gasteiger partial charge in [-0.2, -0.15) is 0 Å². The van der Waals surface area contributed by atoms with Crippen LogP contribution in [0.1, 0.15) is 17.8 Å². The number of aromatic nitrogens is 2. The third-order valence-corrected chi connectivity index (χ3v) is 4.21. The largest absolute Gasteiger partial charge is 0.371 e. The van der Waals surface area contributed by atoms with Crippen molar-refractivity contribution in [1.82, 2.24) is 9.97 Å². The molecule has 2 heterocycles. The number of rotatable bonds is 5. The second kappa shape index (κ2) is 4.77. The van der Waals surface area contributed by atoms with Crippen LogP contribution in [-0.2, 0) is 4.79 Å². The Labute approximate surface area is 115 Å². The monoisotopic (exact) mass is 276 g/mol. The van der Waals surface area contributed by atoms with Crippen LogP contribution in [0.2, 0.25) is 0 Å². The predicted molar refractivity (Wildman–Crippen MR) is 77.8 cm³/mol. The maximum Gasteiger partial charge on any atom is 0.211 e. The molecule has 1 N–H and O–H groups in total. The van der Waals surface area contributed by atoms with Crippen molar-refractivity contribution in [3.8, 4) is 0 Å². The van der Waals surface area contributed by atoms with E-state index in [0.29, 0.717) is 6.41 Å². The van der Waals surface area contributed by atoms with E-state index in [-0.39, 0.29) is 0 Å². The van der Waals surface area contributed by atoms with E-state index >= 15 is 0 Å². The van der Waals surface area contributed by atoms with Crippen molar-refractivity contribution in [2.75, 3.05) is 23.8 Å². The topological polar surface area (TPSA) is 58.1 Å². The normalized spacial score (nSPS) is 14.6. The van der Waals surface area contributed by atoms with Crippen molar-refractivity contribution in [1.29, 1.82) is 0 Å². The van der Waals surface area contributed by atoms with Gasteiger partial charge in [-0.3, -0.25) is 4.79 Å². The minimum atomic E-state index is 0.691. The van der Waals surface area contributed by atoms with Gasteiger partial charge in [0.15, 0.2) is 0 Å². The number of pyridine rings is 1. The molecule has 6 heteroatoms. The van der Waals surface area contributed by atoms with Crippen LogP contribution in [-0.4, -0.2) is 30.0 Å². The van der Waals surface area contributed by atoms with Crippen molar-refractivity contribution in [2.24, 2.45) is 5.92 Å². The Kier molecular flexibility index (Phi) is 3.10. The highest BCUT2D eigenvalue weighted by Crippen LogP contribution is 2.37. The summed E-state index contributed by atoms with van der Waals surface area (Å²) < 4.78 is 0. The molecular formula is C13H16N4OS. The zero-order valence-electron chi connectivity index (χ0n) is 11.0. The van der Waals surface area contributed by atoms with Gasteiger partial charge in [-0.25, -0.2) is 9.97 Å². The molecule has 1 fully saturated rings. The first-order valence-electron chi connectivity index (χ1n) is 6.36. The number of hydrogen-bond donors (Lipinski definition) is 1. The molecule has 0 spiro atoms.